The van der Waals surface area contributed by atoms with Gasteiger partial charge in [-0.1, -0.05) is 6.92 Å². The number of hydrogen-bond donors (Lipinski definition) is 2. The Balaban J connectivity index is 2.70. The molecule has 6 nitrogen and oxygen atoms in total. The van der Waals surface area contributed by atoms with Crippen LogP contribution in [0.1, 0.15) is 13.3 Å². The summed E-state index contributed by atoms with van der Waals surface area (Å²) in [5.41, 5.74) is -0.198. The topological polar surface area (TPSA) is 78.1 Å². The number of rotatable bonds is 5. The molecular formula is C10H15IN4O2. The lowest BCUT2D eigenvalue weighted by Gasteiger charge is -2.18. The Hall–Kier alpha value is -1.12. The second-order valence-electron chi connectivity index (χ2n) is 3.58. The first-order valence-electron chi connectivity index (χ1n) is 5.27. The van der Waals surface area contributed by atoms with Crippen LogP contribution >= 0.6 is 22.6 Å². The fourth-order valence-corrected chi connectivity index (χ4v) is 1.96. The third-order valence-electron chi connectivity index (χ3n) is 2.09. The molecule has 0 saturated heterocycles. The molecule has 94 valence electrons. The van der Waals surface area contributed by atoms with Gasteiger partial charge in [0.2, 0.25) is 5.91 Å². The van der Waals surface area contributed by atoms with Crippen molar-refractivity contribution in [3.8, 4) is 0 Å². The number of hydrogen-bond acceptors (Lipinski definition) is 4. The molecule has 1 rings (SSSR count). The van der Waals surface area contributed by atoms with Gasteiger partial charge < -0.3 is 15.2 Å². The molecule has 0 aliphatic rings. The highest BCUT2D eigenvalue weighted by Crippen LogP contribution is 2.12. The van der Waals surface area contributed by atoms with E-state index in [4.69, 9.17) is 0 Å². The molecule has 1 aromatic rings. The molecule has 1 heterocycles. The van der Waals surface area contributed by atoms with Crippen LogP contribution in [0.5, 0.6) is 0 Å². The van der Waals surface area contributed by atoms with Crippen LogP contribution in [0.4, 0.5) is 5.82 Å². The highest BCUT2D eigenvalue weighted by atomic mass is 127. The molecule has 0 aliphatic carbocycles. The van der Waals surface area contributed by atoms with Gasteiger partial charge in [0.1, 0.15) is 9.39 Å². The van der Waals surface area contributed by atoms with Crippen molar-refractivity contribution in [3.63, 3.8) is 0 Å². The van der Waals surface area contributed by atoms with Crippen LogP contribution in [-0.4, -0.2) is 36.0 Å². The van der Waals surface area contributed by atoms with E-state index in [1.54, 1.807) is 11.9 Å². The van der Waals surface area contributed by atoms with Crippen LogP contribution in [-0.2, 0) is 4.79 Å². The van der Waals surface area contributed by atoms with E-state index in [9.17, 15) is 9.59 Å². The minimum Gasteiger partial charge on any atom is -0.355 e. The van der Waals surface area contributed by atoms with Gasteiger partial charge >= 0.3 is 0 Å². The molecule has 1 aromatic heterocycles. The first kappa shape index (κ1) is 13.9. The first-order chi connectivity index (χ1) is 8.06. The molecule has 2 N–H and O–H groups in total. The van der Waals surface area contributed by atoms with Gasteiger partial charge in [-0.15, -0.1) is 0 Å². The molecule has 7 heteroatoms. The molecule has 0 radical (unpaired) electrons. The molecule has 17 heavy (non-hydrogen) atoms. The lowest BCUT2D eigenvalue weighted by molar-refractivity contribution is -0.119. The predicted octanol–water partition coefficient (Wildman–Crippen LogP) is 0.337. The zero-order valence-electron chi connectivity index (χ0n) is 9.79. The zero-order valence-corrected chi connectivity index (χ0v) is 11.9. The van der Waals surface area contributed by atoms with Crippen molar-refractivity contribution < 1.29 is 4.79 Å². The standard InChI is InChI=1S/C10H15IN4O2/c1-3-4-12-7(16)5-15(2)9-8(11)10(17)14-6-13-9/h6H,3-5H2,1-2H3,(H,12,16)(H,13,14,17). The van der Waals surface area contributed by atoms with Crippen LogP contribution in [0.15, 0.2) is 11.1 Å². The number of nitrogens with zero attached hydrogens (tertiary/aromatic N) is 2. The number of carbonyl (C=O) groups is 1. The van der Waals surface area contributed by atoms with E-state index in [1.807, 2.05) is 29.5 Å². The Morgan fingerprint density at radius 2 is 2.35 bits per heavy atom. The number of aromatic amines is 1. The fraction of sp³-hybridized carbons (Fsp3) is 0.500. The average molecular weight is 350 g/mol. The Kier molecular flexibility index (Phi) is 5.39. The van der Waals surface area contributed by atoms with E-state index in [1.165, 1.54) is 6.33 Å². The van der Waals surface area contributed by atoms with Crippen molar-refractivity contribution in [2.75, 3.05) is 25.0 Å². The highest BCUT2D eigenvalue weighted by molar-refractivity contribution is 14.1. The number of H-pyrrole nitrogens is 1. The van der Waals surface area contributed by atoms with Crippen molar-refractivity contribution in [3.05, 3.63) is 20.3 Å². The number of amides is 1. The summed E-state index contributed by atoms with van der Waals surface area (Å²) < 4.78 is 0.482. The Bertz CT molecular complexity index is 446. The van der Waals surface area contributed by atoms with Crippen LogP contribution in [0.2, 0.25) is 0 Å². The van der Waals surface area contributed by atoms with E-state index in [0.717, 1.165) is 6.42 Å². The van der Waals surface area contributed by atoms with Gasteiger partial charge in [-0.2, -0.15) is 0 Å². The predicted molar refractivity (Wildman–Crippen MR) is 74.1 cm³/mol. The van der Waals surface area contributed by atoms with E-state index < -0.39 is 0 Å². The van der Waals surface area contributed by atoms with Gasteiger partial charge in [-0.25, -0.2) is 4.98 Å². The molecular weight excluding hydrogens is 335 g/mol. The Morgan fingerprint density at radius 1 is 1.65 bits per heavy atom. The van der Waals surface area contributed by atoms with Crippen molar-refractivity contribution >= 4 is 34.3 Å². The lowest BCUT2D eigenvalue weighted by atomic mass is 10.4. The summed E-state index contributed by atoms with van der Waals surface area (Å²) in [6.45, 7) is 2.84. The average Bonchev–Trinajstić information content (AvgIpc) is 2.29. The third-order valence-corrected chi connectivity index (χ3v) is 3.06. The highest BCUT2D eigenvalue weighted by Gasteiger charge is 2.12. The first-order valence-corrected chi connectivity index (χ1v) is 6.35. The number of halogens is 1. The summed E-state index contributed by atoms with van der Waals surface area (Å²) in [4.78, 5) is 31.1. The fourth-order valence-electron chi connectivity index (χ4n) is 1.25. The summed E-state index contributed by atoms with van der Waals surface area (Å²) in [7, 11) is 1.73. The third kappa shape index (κ3) is 3.99. The molecule has 0 aromatic carbocycles. The molecule has 0 atom stereocenters. The van der Waals surface area contributed by atoms with Gasteiger partial charge in [0.25, 0.3) is 5.56 Å². The minimum atomic E-state index is -0.198. The molecule has 0 spiro atoms. The lowest BCUT2D eigenvalue weighted by Crippen LogP contribution is -2.36. The number of aromatic nitrogens is 2. The van der Waals surface area contributed by atoms with Crippen molar-refractivity contribution in [2.45, 2.75) is 13.3 Å². The molecule has 1 amide bonds. The van der Waals surface area contributed by atoms with Gasteiger partial charge in [0.05, 0.1) is 12.9 Å². The monoisotopic (exact) mass is 350 g/mol. The van der Waals surface area contributed by atoms with Crippen LogP contribution in [0.25, 0.3) is 0 Å². The Labute approximate surface area is 113 Å². The van der Waals surface area contributed by atoms with Gasteiger partial charge in [0, 0.05) is 13.6 Å². The summed E-state index contributed by atoms with van der Waals surface area (Å²) in [5, 5.41) is 2.77. The largest absolute Gasteiger partial charge is 0.355 e. The van der Waals surface area contributed by atoms with E-state index in [0.29, 0.717) is 15.9 Å². The van der Waals surface area contributed by atoms with Crippen LogP contribution < -0.4 is 15.8 Å². The summed E-state index contributed by atoms with van der Waals surface area (Å²) in [5.74, 6) is 0.438. The minimum absolute atomic E-state index is 0.0766. The number of anilines is 1. The number of carbonyl (C=O) groups excluding carboxylic acids is 1. The second kappa shape index (κ2) is 6.58. The summed E-state index contributed by atoms with van der Waals surface area (Å²) >= 11 is 1.92. The number of likely N-dealkylation sites (N-methyl/N-ethyl adjacent to an activating group) is 1. The van der Waals surface area contributed by atoms with Crippen molar-refractivity contribution in [1.29, 1.82) is 0 Å². The van der Waals surface area contributed by atoms with Crippen molar-refractivity contribution in [1.82, 2.24) is 15.3 Å². The maximum absolute atomic E-state index is 11.5. The molecule has 0 aliphatic heterocycles. The summed E-state index contributed by atoms with van der Waals surface area (Å²) in [6, 6.07) is 0. The smallest absolute Gasteiger partial charge is 0.266 e. The molecule has 0 saturated carbocycles. The second-order valence-corrected chi connectivity index (χ2v) is 4.65. The van der Waals surface area contributed by atoms with E-state index >= 15 is 0 Å². The Morgan fingerprint density at radius 3 is 3.00 bits per heavy atom. The molecule has 0 bridgehead atoms. The van der Waals surface area contributed by atoms with Crippen molar-refractivity contribution in [2.24, 2.45) is 0 Å². The molecule has 0 fully saturated rings. The summed E-state index contributed by atoms with van der Waals surface area (Å²) in [6.07, 6.45) is 2.23. The van der Waals surface area contributed by atoms with Gasteiger partial charge in [-0.05, 0) is 29.0 Å². The van der Waals surface area contributed by atoms with Gasteiger partial charge in [-0.3, -0.25) is 9.59 Å². The zero-order chi connectivity index (χ0) is 12.8. The maximum Gasteiger partial charge on any atom is 0.266 e. The number of nitrogens with one attached hydrogen (secondary N) is 2. The molecule has 0 unspecified atom stereocenters. The maximum atomic E-state index is 11.5. The quantitative estimate of drug-likeness (QED) is 0.751. The van der Waals surface area contributed by atoms with Crippen LogP contribution in [0, 0.1) is 3.57 Å². The normalized spacial score (nSPS) is 10.1. The van der Waals surface area contributed by atoms with Crippen LogP contribution in [0.3, 0.4) is 0 Å². The van der Waals surface area contributed by atoms with E-state index in [-0.39, 0.29) is 18.0 Å². The van der Waals surface area contributed by atoms with Gasteiger partial charge in [0.15, 0.2) is 0 Å². The SMILES string of the molecule is CCCNC(=O)CN(C)c1nc[nH]c(=O)c1I. The van der Waals surface area contributed by atoms with E-state index in [2.05, 4.69) is 15.3 Å².